The number of carboxylic acid groups (broad SMARTS) is 1. The van der Waals surface area contributed by atoms with Crippen molar-refractivity contribution in [1.82, 2.24) is 0 Å². The number of alkyl halides is 3. The van der Waals surface area contributed by atoms with Crippen LogP contribution in [-0.2, 0) is 6.61 Å². The van der Waals surface area contributed by atoms with Crippen LogP contribution >= 0.6 is 23.2 Å². The Kier molecular flexibility index (Phi) is 5.64. The zero-order chi connectivity index (χ0) is 18.8. The fourth-order valence-electron chi connectivity index (χ4n) is 1.80. The van der Waals surface area contributed by atoms with E-state index in [4.69, 9.17) is 33.0 Å². The highest BCUT2D eigenvalue weighted by atomic mass is 35.5. The van der Waals surface area contributed by atoms with Gasteiger partial charge in [0.25, 0.3) is 0 Å². The Morgan fingerprint density at radius 1 is 1.12 bits per heavy atom. The van der Waals surface area contributed by atoms with Gasteiger partial charge in [-0.25, -0.2) is 9.18 Å². The number of hydrogen-bond donors (Lipinski definition) is 1. The molecule has 10 heteroatoms. The Labute approximate surface area is 148 Å². The first-order chi connectivity index (χ1) is 11.6. The van der Waals surface area contributed by atoms with E-state index >= 15 is 0 Å². The minimum absolute atomic E-state index is 0.0399. The molecular weight excluding hydrogens is 391 g/mol. The third kappa shape index (κ3) is 5.14. The third-order valence-corrected chi connectivity index (χ3v) is 3.54. The topological polar surface area (TPSA) is 55.8 Å². The molecule has 1 N–H and O–H groups in total. The second-order valence-corrected chi connectivity index (χ2v) is 5.47. The van der Waals surface area contributed by atoms with Gasteiger partial charge in [-0.3, -0.25) is 0 Å². The highest BCUT2D eigenvalue weighted by Crippen LogP contribution is 2.33. The van der Waals surface area contributed by atoms with Gasteiger partial charge in [0.05, 0.1) is 10.6 Å². The van der Waals surface area contributed by atoms with Gasteiger partial charge in [0.2, 0.25) is 0 Å². The van der Waals surface area contributed by atoms with Crippen LogP contribution < -0.4 is 9.47 Å². The molecule has 0 aromatic heterocycles. The molecule has 4 nitrogen and oxygen atoms in total. The quantitative estimate of drug-likeness (QED) is 0.693. The molecule has 0 aliphatic carbocycles. The van der Waals surface area contributed by atoms with Crippen molar-refractivity contribution < 1.29 is 36.9 Å². The number of rotatable bonds is 5. The van der Waals surface area contributed by atoms with Crippen LogP contribution in [0.4, 0.5) is 17.6 Å². The van der Waals surface area contributed by atoms with Gasteiger partial charge in [0.15, 0.2) is 0 Å². The van der Waals surface area contributed by atoms with Crippen molar-refractivity contribution in [3.05, 3.63) is 57.3 Å². The first-order valence-corrected chi connectivity index (χ1v) is 7.21. The molecule has 0 spiro atoms. The fourth-order valence-corrected chi connectivity index (χ4v) is 2.23. The lowest BCUT2D eigenvalue weighted by atomic mass is 10.1. The van der Waals surface area contributed by atoms with Crippen LogP contribution in [0.5, 0.6) is 11.5 Å². The highest BCUT2D eigenvalue weighted by molar-refractivity contribution is 6.32. The monoisotopic (exact) mass is 398 g/mol. The summed E-state index contributed by atoms with van der Waals surface area (Å²) in [5.74, 6) is -2.99. The number of hydrogen-bond acceptors (Lipinski definition) is 3. The molecule has 0 unspecified atom stereocenters. The Morgan fingerprint density at radius 2 is 1.80 bits per heavy atom. The second kappa shape index (κ2) is 7.37. The molecule has 0 saturated carbocycles. The van der Waals surface area contributed by atoms with Gasteiger partial charge >= 0.3 is 12.3 Å². The van der Waals surface area contributed by atoms with Crippen molar-refractivity contribution in [2.45, 2.75) is 13.0 Å². The molecule has 0 fully saturated rings. The number of benzene rings is 2. The van der Waals surface area contributed by atoms with Crippen molar-refractivity contribution in [2.24, 2.45) is 0 Å². The van der Waals surface area contributed by atoms with Crippen LogP contribution in [0.15, 0.2) is 30.3 Å². The Balaban J connectivity index is 2.13. The van der Waals surface area contributed by atoms with Gasteiger partial charge in [-0.05, 0) is 24.3 Å². The average molecular weight is 399 g/mol. The molecule has 134 valence electrons. The number of carboxylic acids is 1. The molecule has 0 atom stereocenters. The van der Waals surface area contributed by atoms with Crippen LogP contribution in [0.3, 0.4) is 0 Å². The molecule has 0 bridgehead atoms. The van der Waals surface area contributed by atoms with Crippen LogP contribution in [0, 0.1) is 5.82 Å². The fraction of sp³-hybridized carbons (Fsp3) is 0.133. The number of halogens is 6. The Hall–Kier alpha value is -2.19. The second-order valence-electron chi connectivity index (χ2n) is 4.66. The van der Waals surface area contributed by atoms with Gasteiger partial charge in [0.1, 0.15) is 23.9 Å². The van der Waals surface area contributed by atoms with Gasteiger partial charge < -0.3 is 14.6 Å². The smallest absolute Gasteiger partial charge is 0.489 e. The SMILES string of the molecule is O=C(O)c1cc(Cl)c(COc2ccc(OC(F)(F)F)c(Cl)c2)cc1F. The lowest BCUT2D eigenvalue weighted by molar-refractivity contribution is -0.274. The number of carbonyl (C=O) groups is 1. The summed E-state index contributed by atoms with van der Waals surface area (Å²) in [6.07, 6.45) is -4.89. The van der Waals surface area contributed by atoms with E-state index in [1.807, 2.05) is 0 Å². The summed E-state index contributed by atoms with van der Waals surface area (Å²) >= 11 is 11.5. The summed E-state index contributed by atoms with van der Waals surface area (Å²) in [5.41, 5.74) is -0.443. The molecular formula is C15H8Cl2F4O4. The maximum absolute atomic E-state index is 13.6. The lowest BCUT2D eigenvalue weighted by Gasteiger charge is -2.12. The zero-order valence-corrected chi connectivity index (χ0v) is 13.5. The van der Waals surface area contributed by atoms with Gasteiger partial charge in [-0.2, -0.15) is 0 Å². The summed E-state index contributed by atoms with van der Waals surface area (Å²) in [4.78, 5) is 10.8. The van der Waals surface area contributed by atoms with E-state index in [2.05, 4.69) is 4.74 Å². The van der Waals surface area contributed by atoms with Crippen molar-refractivity contribution in [1.29, 1.82) is 0 Å². The first-order valence-electron chi connectivity index (χ1n) is 6.46. The summed E-state index contributed by atoms with van der Waals surface area (Å²) < 4.78 is 59.1. The van der Waals surface area contributed by atoms with E-state index in [9.17, 15) is 22.4 Å². The molecule has 0 saturated heterocycles. The van der Waals surface area contributed by atoms with E-state index in [0.29, 0.717) is 0 Å². The van der Waals surface area contributed by atoms with Crippen LogP contribution in [0.2, 0.25) is 10.0 Å². The van der Waals surface area contributed by atoms with Crippen molar-refractivity contribution in [3.63, 3.8) is 0 Å². The molecule has 0 heterocycles. The molecule has 2 aromatic rings. The van der Waals surface area contributed by atoms with E-state index in [1.165, 1.54) is 6.07 Å². The molecule has 0 amide bonds. The minimum atomic E-state index is -4.89. The van der Waals surface area contributed by atoms with Gasteiger partial charge in [-0.1, -0.05) is 23.2 Å². The summed E-state index contributed by atoms with van der Waals surface area (Å²) in [5, 5.41) is 8.41. The van der Waals surface area contributed by atoms with Crippen LogP contribution in [0.25, 0.3) is 0 Å². The molecule has 0 radical (unpaired) electrons. The first kappa shape index (κ1) is 19.1. The summed E-state index contributed by atoms with van der Waals surface area (Å²) in [6.45, 7) is -0.258. The van der Waals surface area contributed by atoms with E-state index in [-0.39, 0.29) is 28.0 Å². The normalized spacial score (nSPS) is 11.3. The van der Waals surface area contributed by atoms with Gasteiger partial charge in [0, 0.05) is 16.7 Å². The zero-order valence-electron chi connectivity index (χ0n) is 12.0. The van der Waals surface area contributed by atoms with Crippen LogP contribution in [0.1, 0.15) is 15.9 Å². The van der Waals surface area contributed by atoms with E-state index in [0.717, 1.165) is 24.3 Å². The summed E-state index contributed by atoms with van der Waals surface area (Å²) in [7, 11) is 0. The van der Waals surface area contributed by atoms with Crippen LogP contribution in [-0.4, -0.2) is 17.4 Å². The molecule has 0 aliphatic heterocycles. The minimum Gasteiger partial charge on any atom is -0.489 e. The molecule has 0 aliphatic rings. The van der Waals surface area contributed by atoms with Gasteiger partial charge in [-0.15, -0.1) is 13.2 Å². The predicted molar refractivity (Wildman–Crippen MR) is 80.8 cm³/mol. The molecule has 2 rings (SSSR count). The van der Waals surface area contributed by atoms with E-state index in [1.54, 1.807) is 0 Å². The molecule has 25 heavy (non-hydrogen) atoms. The molecule has 2 aromatic carbocycles. The largest absolute Gasteiger partial charge is 0.573 e. The maximum atomic E-state index is 13.6. The third-order valence-electron chi connectivity index (χ3n) is 2.89. The highest BCUT2D eigenvalue weighted by Gasteiger charge is 2.32. The lowest BCUT2D eigenvalue weighted by Crippen LogP contribution is -2.17. The number of ether oxygens (including phenoxy) is 2. The van der Waals surface area contributed by atoms with Crippen molar-refractivity contribution in [3.8, 4) is 11.5 Å². The van der Waals surface area contributed by atoms with Crippen molar-refractivity contribution >= 4 is 29.2 Å². The standard InChI is InChI=1S/C15H8Cl2F4O4/c16-10-5-9(14(22)23)12(18)3-7(10)6-24-8-1-2-13(11(17)4-8)25-15(19,20)21/h1-5H,6H2,(H,22,23). The van der Waals surface area contributed by atoms with E-state index < -0.39 is 29.5 Å². The van der Waals surface area contributed by atoms with Crippen molar-refractivity contribution in [2.75, 3.05) is 0 Å². The Bertz CT molecular complexity index is 809. The average Bonchev–Trinajstić information content (AvgIpc) is 2.48. The number of aromatic carboxylic acids is 1. The maximum Gasteiger partial charge on any atom is 0.573 e. The Morgan fingerprint density at radius 3 is 2.36 bits per heavy atom. The predicted octanol–water partition coefficient (Wildman–Crippen LogP) is 5.31. The summed E-state index contributed by atoms with van der Waals surface area (Å²) in [6, 6.07) is 5.04.